The summed E-state index contributed by atoms with van der Waals surface area (Å²) in [6.45, 7) is 2.01. The number of hydrogen-bond donors (Lipinski definition) is 1. The number of hydrogen-bond acceptors (Lipinski definition) is 8. The zero-order valence-electron chi connectivity index (χ0n) is 16.6. The van der Waals surface area contributed by atoms with E-state index in [4.69, 9.17) is 4.74 Å². The highest BCUT2D eigenvalue weighted by Gasteiger charge is 2.23. The fourth-order valence-corrected chi connectivity index (χ4v) is 4.60. The van der Waals surface area contributed by atoms with Crippen molar-refractivity contribution in [2.45, 2.75) is 29.8 Å². The number of thioether (sulfide) groups is 1. The van der Waals surface area contributed by atoms with Crippen LogP contribution >= 0.6 is 23.1 Å². The van der Waals surface area contributed by atoms with Crippen LogP contribution in [0.4, 0.5) is 10.8 Å². The number of anilines is 2. The van der Waals surface area contributed by atoms with Crippen molar-refractivity contribution in [2.75, 3.05) is 50.3 Å². The average molecular weight is 422 g/mol. The normalized spacial score (nSPS) is 16.2. The second-order valence-electron chi connectivity index (χ2n) is 6.88. The summed E-state index contributed by atoms with van der Waals surface area (Å²) in [5.74, 6) is 0.444. The van der Waals surface area contributed by atoms with Gasteiger partial charge in [0.15, 0.2) is 4.34 Å². The first-order valence-corrected chi connectivity index (χ1v) is 11.1. The molecular formula is C19H27N5O2S2. The lowest BCUT2D eigenvalue weighted by Gasteiger charge is -2.26. The number of carbonyl (C=O) groups excluding carboxylic acids is 1. The van der Waals surface area contributed by atoms with Gasteiger partial charge in [0.05, 0.1) is 11.9 Å². The summed E-state index contributed by atoms with van der Waals surface area (Å²) in [5.41, 5.74) is 2.27. The van der Waals surface area contributed by atoms with Gasteiger partial charge in [0.2, 0.25) is 11.0 Å². The van der Waals surface area contributed by atoms with Gasteiger partial charge in [-0.2, -0.15) is 0 Å². The van der Waals surface area contributed by atoms with Crippen molar-refractivity contribution in [3.63, 3.8) is 0 Å². The van der Waals surface area contributed by atoms with Crippen LogP contribution in [0.5, 0.6) is 0 Å². The molecule has 0 radical (unpaired) electrons. The molecule has 7 nitrogen and oxygen atoms in total. The second kappa shape index (κ2) is 10.1. The molecule has 1 aromatic carbocycles. The molecule has 0 bridgehead atoms. The molecule has 0 spiro atoms. The van der Waals surface area contributed by atoms with Gasteiger partial charge in [-0.15, -0.1) is 10.2 Å². The van der Waals surface area contributed by atoms with Gasteiger partial charge in [-0.25, -0.2) is 0 Å². The molecule has 1 amide bonds. The molecule has 2 heterocycles. The molecule has 28 heavy (non-hydrogen) atoms. The molecule has 2 aromatic rings. The number of carbonyl (C=O) groups is 1. The predicted molar refractivity (Wildman–Crippen MR) is 115 cm³/mol. The summed E-state index contributed by atoms with van der Waals surface area (Å²) in [6, 6.07) is 8.34. The zero-order valence-corrected chi connectivity index (χ0v) is 18.2. The zero-order chi connectivity index (χ0) is 19.9. The third-order valence-electron chi connectivity index (χ3n) is 4.57. The first kappa shape index (κ1) is 20.9. The second-order valence-corrected chi connectivity index (χ2v) is 9.08. The Balaban J connectivity index is 1.63. The molecule has 1 aliphatic rings. The lowest BCUT2D eigenvalue weighted by atomic mass is 10.1. The molecular weight excluding hydrogens is 394 g/mol. The molecule has 1 saturated heterocycles. The van der Waals surface area contributed by atoms with Gasteiger partial charge in [0, 0.05) is 46.5 Å². The van der Waals surface area contributed by atoms with Gasteiger partial charge in [-0.3, -0.25) is 4.79 Å². The van der Waals surface area contributed by atoms with Crippen LogP contribution in [0, 0.1) is 0 Å². The highest BCUT2D eigenvalue weighted by molar-refractivity contribution is 8.01. The highest BCUT2D eigenvalue weighted by Crippen LogP contribution is 2.26. The van der Waals surface area contributed by atoms with Gasteiger partial charge >= 0.3 is 0 Å². The number of amides is 1. The first-order chi connectivity index (χ1) is 13.5. The minimum absolute atomic E-state index is 0.0957. The smallest absolute Gasteiger partial charge is 0.233 e. The Morgan fingerprint density at radius 1 is 1.32 bits per heavy atom. The van der Waals surface area contributed by atoms with Crippen LogP contribution < -0.4 is 10.2 Å². The van der Waals surface area contributed by atoms with E-state index in [0.29, 0.717) is 18.8 Å². The maximum Gasteiger partial charge on any atom is 0.233 e. The summed E-state index contributed by atoms with van der Waals surface area (Å²) in [6.07, 6.45) is 2.21. The Bertz CT molecular complexity index is 760. The quantitative estimate of drug-likeness (QED) is 0.624. The van der Waals surface area contributed by atoms with Gasteiger partial charge < -0.3 is 19.9 Å². The molecule has 1 aliphatic heterocycles. The molecule has 9 heteroatoms. The highest BCUT2D eigenvalue weighted by atomic mass is 32.2. The SMILES string of the molecule is CNc1nnc(SCC(=O)N(Cc2ccc(N(C)C)cc2)C[C@H]2CCCO2)s1. The number of nitrogens with zero attached hydrogens (tertiary/aromatic N) is 4. The van der Waals surface area contributed by atoms with Crippen molar-refractivity contribution < 1.29 is 9.53 Å². The Morgan fingerprint density at radius 2 is 2.11 bits per heavy atom. The monoisotopic (exact) mass is 421 g/mol. The summed E-state index contributed by atoms with van der Waals surface area (Å²) in [5, 5.41) is 11.8. The third kappa shape index (κ3) is 5.83. The topological polar surface area (TPSA) is 70.6 Å². The van der Waals surface area contributed by atoms with Crippen LogP contribution in [0.2, 0.25) is 0 Å². The van der Waals surface area contributed by atoms with Crippen LogP contribution in [0.15, 0.2) is 28.6 Å². The van der Waals surface area contributed by atoms with E-state index in [-0.39, 0.29) is 12.0 Å². The standard InChI is InChI=1S/C19H27N5O2S2/c1-20-18-21-22-19(28-18)27-13-17(25)24(12-16-5-4-10-26-16)11-14-6-8-15(9-7-14)23(2)3/h6-9,16H,4-5,10-13H2,1-3H3,(H,20,21)/t16-/m1/s1. The molecule has 152 valence electrons. The first-order valence-electron chi connectivity index (χ1n) is 9.35. The molecule has 0 aliphatic carbocycles. The maximum atomic E-state index is 12.9. The van der Waals surface area contributed by atoms with E-state index in [1.54, 1.807) is 0 Å². The minimum Gasteiger partial charge on any atom is -0.378 e. The van der Waals surface area contributed by atoms with E-state index >= 15 is 0 Å². The van der Waals surface area contributed by atoms with E-state index in [2.05, 4.69) is 44.7 Å². The van der Waals surface area contributed by atoms with Crippen LogP contribution in [0.3, 0.4) is 0 Å². The van der Waals surface area contributed by atoms with Crippen molar-refractivity contribution >= 4 is 39.8 Å². The van der Waals surface area contributed by atoms with Gasteiger partial charge in [0.1, 0.15) is 0 Å². The molecule has 0 unspecified atom stereocenters. The Labute approximate surface area is 174 Å². The van der Waals surface area contributed by atoms with E-state index in [0.717, 1.165) is 40.2 Å². The van der Waals surface area contributed by atoms with Gasteiger partial charge in [-0.05, 0) is 30.5 Å². The molecule has 0 saturated carbocycles. The van der Waals surface area contributed by atoms with Crippen molar-refractivity contribution in [1.29, 1.82) is 0 Å². The molecule has 1 atom stereocenters. The summed E-state index contributed by atoms with van der Waals surface area (Å²) in [7, 11) is 5.85. The van der Waals surface area contributed by atoms with Crippen LogP contribution in [0.1, 0.15) is 18.4 Å². The lowest BCUT2D eigenvalue weighted by molar-refractivity contribution is -0.130. The molecule has 1 N–H and O–H groups in total. The summed E-state index contributed by atoms with van der Waals surface area (Å²) >= 11 is 2.89. The van der Waals surface area contributed by atoms with E-state index in [1.807, 2.05) is 26.0 Å². The Kier molecular flexibility index (Phi) is 7.52. The van der Waals surface area contributed by atoms with Crippen molar-refractivity contribution in [2.24, 2.45) is 0 Å². The number of ether oxygens (including phenoxy) is 1. The fraction of sp³-hybridized carbons (Fsp3) is 0.526. The van der Waals surface area contributed by atoms with Gasteiger partial charge in [0.25, 0.3) is 0 Å². The van der Waals surface area contributed by atoms with Crippen molar-refractivity contribution in [3.05, 3.63) is 29.8 Å². The fourth-order valence-electron chi connectivity index (χ4n) is 2.99. The number of rotatable bonds is 9. The van der Waals surface area contributed by atoms with E-state index in [1.165, 1.54) is 23.1 Å². The molecule has 3 rings (SSSR count). The van der Waals surface area contributed by atoms with E-state index in [9.17, 15) is 4.79 Å². The number of aromatic nitrogens is 2. The predicted octanol–water partition coefficient (Wildman–Crippen LogP) is 2.95. The minimum atomic E-state index is 0.0957. The van der Waals surface area contributed by atoms with Crippen molar-refractivity contribution in [3.8, 4) is 0 Å². The van der Waals surface area contributed by atoms with Gasteiger partial charge in [-0.1, -0.05) is 35.2 Å². The Hall–Kier alpha value is -1.84. The summed E-state index contributed by atoms with van der Waals surface area (Å²) < 4.78 is 6.56. The number of nitrogens with one attached hydrogen (secondary N) is 1. The van der Waals surface area contributed by atoms with Crippen LogP contribution in [-0.2, 0) is 16.1 Å². The molecule has 1 fully saturated rings. The van der Waals surface area contributed by atoms with Crippen molar-refractivity contribution in [1.82, 2.24) is 15.1 Å². The maximum absolute atomic E-state index is 12.9. The largest absolute Gasteiger partial charge is 0.378 e. The Morgan fingerprint density at radius 3 is 2.71 bits per heavy atom. The number of benzene rings is 1. The van der Waals surface area contributed by atoms with Crippen LogP contribution in [0.25, 0.3) is 0 Å². The summed E-state index contributed by atoms with van der Waals surface area (Å²) in [4.78, 5) is 16.9. The van der Waals surface area contributed by atoms with E-state index < -0.39 is 0 Å². The molecule has 1 aromatic heterocycles. The third-order valence-corrected chi connectivity index (χ3v) is 6.63. The van der Waals surface area contributed by atoms with Crippen LogP contribution in [-0.4, -0.2) is 67.2 Å². The lowest BCUT2D eigenvalue weighted by Crippen LogP contribution is -2.38. The average Bonchev–Trinajstić information content (AvgIpc) is 3.37.